The summed E-state index contributed by atoms with van der Waals surface area (Å²) in [6, 6.07) is 15.8. The lowest BCUT2D eigenvalue weighted by molar-refractivity contribution is -0.125. The van der Waals surface area contributed by atoms with E-state index in [0.29, 0.717) is 38.3 Å². The molecule has 1 unspecified atom stereocenters. The van der Waals surface area contributed by atoms with Gasteiger partial charge in [0.15, 0.2) is 0 Å². The normalized spacial score (nSPS) is 19.1. The molecule has 3 heterocycles. The number of para-hydroxylation sites is 1. The van der Waals surface area contributed by atoms with Gasteiger partial charge in [-0.2, -0.15) is 0 Å². The minimum Gasteiger partial charge on any atom is -0.339 e. The summed E-state index contributed by atoms with van der Waals surface area (Å²) in [6.07, 6.45) is 1.23. The summed E-state index contributed by atoms with van der Waals surface area (Å²) in [5.41, 5.74) is 1.48. The van der Waals surface area contributed by atoms with E-state index < -0.39 is 5.54 Å². The van der Waals surface area contributed by atoms with Crippen molar-refractivity contribution >= 4 is 23.2 Å². The third-order valence-corrected chi connectivity index (χ3v) is 7.26. The predicted molar refractivity (Wildman–Crippen MR) is 125 cm³/mol. The minimum atomic E-state index is -0.626. The number of carbonyl (C=O) groups is 1. The smallest absolute Gasteiger partial charge is 0.283 e. The molecule has 0 saturated carbocycles. The first-order valence-electron chi connectivity index (χ1n) is 11.0. The first-order chi connectivity index (χ1) is 15.9. The molecule has 0 aliphatic carbocycles. The Morgan fingerprint density at radius 1 is 1.03 bits per heavy atom. The number of aromatic nitrogens is 2. The van der Waals surface area contributed by atoms with Crippen LogP contribution in [0.4, 0.5) is 10.1 Å². The molecule has 2 N–H and O–H groups in total. The van der Waals surface area contributed by atoms with Crippen molar-refractivity contribution in [3.63, 3.8) is 0 Å². The number of nitrogens with zero attached hydrogens (tertiary/aromatic N) is 3. The zero-order valence-corrected chi connectivity index (χ0v) is 19.0. The van der Waals surface area contributed by atoms with Crippen LogP contribution in [0.25, 0.3) is 0 Å². The van der Waals surface area contributed by atoms with Gasteiger partial charge >= 0.3 is 0 Å². The molecule has 3 aromatic rings. The van der Waals surface area contributed by atoms with Crippen LogP contribution in [0.2, 0.25) is 5.02 Å². The van der Waals surface area contributed by atoms with Crippen molar-refractivity contribution in [1.29, 1.82) is 0 Å². The molecule has 1 amide bonds. The van der Waals surface area contributed by atoms with Crippen molar-refractivity contribution in [2.45, 2.75) is 24.4 Å². The van der Waals surface area contributed by atoms with E-state index in [-0.39, 0.29) is 28.3 Å². The molecule has 172 valence electrons. The van der Waals surface area contributed by atoms with E-state index in [0.717, 1.165) is 11.3 Å². The van der Waals surface area contributed by atoms with Gasteiger partial charge in [0.2, 0.25) is 5.91 Å². The number of piperidine rings is 1. The molecule has 2 saturated heterocycles. The Hall–Kier alpha value is -3.10. The standard InChI is InChI=1S/C24H25ClFN5O2/c1-29-21(19(25)22(32)28-29)20(16-7-9-17(26)10-8-16)30-13-11-24(12-14-30)23(33)27-15-31(24)18-5-3-2-4-6-18/h2-10,20H,11-15H2,1H3,(H,27,33)(H,28,32). The van der Waals surface area contributed by atoms with Crippen LogP contribution in [0.15, 0.2) is 59.4 Å². The highest BCUT2D eigenvalue weighted by Crippen LogP contribution is 2.40. The fourth-order valence-corrected chi connectivity index (χ4v) is 5.47. The lowest BCUT2D eigenvalue weighted by Gasteiger charge is -2.45. The number of anilines is 1. The zero-order chi connectivity index (χ0) is 23.2. The van der Waals surface area contributed by atoms with E-state index in [9.17, 15) is 14.0 Å². The molecule has 33 heavy (non-hydrogen) atoms. The average molecular weight is 470 g/mol. The molecule has 2 aromatic carbocycles. The van der Waals surface area contributed by atoms with Crippen molar-refractivity contribution in [2.24, 2.45) is 7.05 Å². The highest BCUT2D eigenvalue weighted by atomic mass is 35.5. The molecule has 7 nitrogen and oxygen atoms in total. The molecule has 1 atom stereocenters. The molecular weight excluding hydrogens is 445 g/mol. The molecule has 5 rings (SSSR count). The van der Waals surface area contributed by atoms with Gasteiger partial charge in [0.05, 0.1) is 18.4 Å². The van der Waals surface area contributed by atoms with Crippen molar-refractivity contribution in [1.82, 2.24) is 20.0 Å². The van der Waals surface area contributed by atoms with Gasteiger partial charge in [-0.15, -0.1) is 0 Å². The molecule has 2 fully saturated rings. The number of halogens is 2. The van der Waals surface area contributed by atoms with Gasteiger partial charge in [0.1, 0.15) is 16.4 Å². The van der Waals surface area contributed by atoms with Gasteiger partial charge in [-0.1, -0.05) is 41.9 Å². The summed E-state index contributed by atoms with van der Waals surface area (Å²) in [7, 11) is 1.74. The van der Waals surface area contributed by atoms with Gasteiger partial charge < -0.3 is 10.2 Å². The number of H-pyrrole nitrogens is 1. The average Bonchev–Trinajstić information content (AvgIpc) is 3.27. The Morgan fingerprint density at radius 3 is 2.30 bits per heavy atom. The van der Waals surface area contributed by atoms with E-state index >= 15 is 0 Å². The summed E-state index contributed by atoms with van der Waals surface area (Å²) in [6.45, 7) is 1.69. The van der Waals surface area contributed by atoms with Crippen LogP contribution in [0.3, 0.4) is 0 Å². The van der Waals surface area contributed by atoms with Gasteiger partial charge in [-0.25, -0.2) is 4.39 Å². The summed E-state index contributed by atoms with van der Waals surface area (Å²) < 4.78 is 15.3. The molecule has 1 aromatic heterocycles. The Balaban J connectivity index is 1.48. The first kappa shape index (κ1) is 21.7. The maximum absolute atomic E-state index is 13.7. The van der Waals surface area contributed by atoms with Crippen LogP contribution >= 0.6 is 11.6 Å². The number of amides is 1. The van der Waals surface area contributed by atoms with Crippen molar-refractivity contribution in [3.05, 3.63) is 87.0 Å². The number of benzene rings is 2. The number of nitrogens with one attached hydrogen (secondary N) is 2. The molecule has 2 aliphatic heterocycles. The van der Waals surface area contributed by atoms with E-state index in [1.165, 1.54) is 12.1 Å². The van der Waals surface area contributed by atoms with Crippen LogP contribution in [-0.2, 0) is 11.8 Å². The number of rotatable bonds is 4. The third kappa shape index (κ3) is 3.63. The second-order valence-electron chi connectivity index (χ2n) is 8.65. The maximum atomic E-state index is 13.7. The Labute approximate surface area is 195 Å². The quantitative estimate of drug-likeness (QED) is 0.616. The monoisotopic (exact) mass is 469 g/mol. The predicted octanol–water partition coefficient (Wildman–Crippen LogP) is 3.02. The summed E-state index contributed by atoms with van der Waals surface area (Å²) in [5, 5.41) is 5.86. The number of hydrogen-bond donors (Lipinski definition) is 2. The summed E-state index contributed by atoms with van der Waals surface area (Å²) in [5.74, 6) is -0.290. The Bertz CT molecular complexity index is 1220. The second kappa shape index (κ2) is 8.35. The molecule has 0 bridgehead atoms. The van der Waals surface area contributed by atoms with Crippen LogP contribution in [0, 0.1) is 5.82 Å². The van der Waals surface area contributed by atoms with Gasteiger partial charge in [0, 0.05) is 25.8 Å². The van der Waals surface area contributed by atoms with Gasteiger partial charge in [-0.05, 0) is 42.7 Å². The van der Waals surface area contributed by atoms with Crippen LogP contribution in [0.5, 0.6) is 0 Å². The number of aromatic amines is 1. The maximum Gasteiger partial charge on any atom is 0.283 e. The number of carbonyl (C=O) groups excluding carboxylic acids is 1. The van der Waals surface area contributed by atoms with Crippen LogP contribution in [-0.4, -0.2) is 45.9 Å². The van der Waals surface area contributed by atoms with E-state index in [4.69, 9.17) is 11.6 Å². The molecule has 2 aliphatic rings. The minimum absolute atomic E-state index is 0.0383. The Kier molecular flexibility index (Phi) is 5.50. The SMILES string of the molecule is Cn1[nH]c(=O)c(Cl)c1C(c1ccc(F)cc1)N1CCC2(CC1)C(=O)NCN2c1ccccc1. The lowest BCUT2D eigenvalue weighted by atomic mass is 9.84. The van der Waals surface area contributed by atoms with E-state index in [1.54, 1.807) is 23.9 Å². The van der Waals surface area contributed by atoms with Crippen molar-refractivity contribution in [3.8, 4) is 0 Å². The fourth-order valence-electron chi connectivity index (χ4n) is 5.20. The number of likely N-dealkylation sites (tertiary alicyclic amines) is 1. The third-order valence-electron chi connectivity index (χ3n) is 6.89. The van der Waals surface area contributed by atoms with Gasteiger partial charge in [0.25, 0.3) is 5.56 Å². The first-order valence-corrected chi connectivity index (χ1v) is 11.3. The molecule has 0 radical (unpaired) electrons. The van der Waals surface area contributed by atoms with Crippen LogP contribution in [0.1, 0.15) is 30.1 Å². The van der Waals surface area contributed by atoms with Crippen molar-refractivity contribution in [2.75, 3.05) is 24.7 Å². The highest BCUT2D eigenvalue weighted by molar-refractivity contribution is 6.31. The zero-order valence-electron chi connectivity index (χ0n) is 18.2. The molecule has 1 spiro atoms. The summed E-state index contributed by atoms with van der Waals surface area (Å²) >= 11 is 6.42. The van der Waals surface area contributed by atoms with Gasteiger partial charge in [-0.3, -0.25) is 24.3 Å². The largest absolute Gasteiger partial charge is 0.339 e. The van der Waals surface area contributed by atoms with Crippen molar-refractivity contribution < 1.29 is 9.18 Å². The topological polar surface area (TPSA) is 73.4 Å². The molecular formula is C24H25ClFN5O2. The summed E-state index contributed by atoms with van der Waals surface area (Å²) in [4.78, 5) is 29.6. The van der Waals surface area contributed by atoms with Crippen LogP contribution < -0.4 is 15.8 Å². The fraction of sp³-hybridized carbons (Fsp3) is 0.333. The second-order valence-corrected chi connectivity index (χ2v) is 9.03. The Morgan fingerprint density at radius 2 is 1.70 bits per heavy atom. The van der Waals surface area contributed by atoms with E-state index in [1.807, 2.05) is 30.3 Å². The number of hydrogen-bond acceptors (Lipinski definition) is 4. The number of aryl methyl sites for hydroxylation is 1. The molecule has 9 heteroatoms. The lowest BCUT2D eigenvalue weighted by Crippen LogP contribution is -2.57. The highest BCUT2D eigenvalue weighted by Gasteiger charge is 2.51. The van der Waals surface area contributed by atoms with E-state index in [2.05, 4.69) is 20.2 Å².